The number of carbonyl (C=O) groups is 1. The van der Waals surface area contributed by atoms with Gasteiger partial charge in [-0.25, -0.2) is 8.42 Å². The van der Waals surface area contributed by atoms with Gasteiger partial charge in [0, 0.05) is 32.8 Å². The summed E-state index contributed by atoms with van der Waals surface area (Å²) in [5.41, 5.74) is 1.89. The Hall–Kier alpha value is -2.66. The lowest BCUT2D eigenvalue weighted by molar-refractivity contribution is -0.152. The van der Waals surface area contributed by atoms with Gasteiger partial charge >= 0.3 is 5.97 Å². The van der Waals surface area contributed by atoms with Crippen LogP contribution in [0.2, 0.25) is 0 Å². The summed E-state index contributed by atoms with van der Waals surface area (Å²) in [4.78, 5) is 15.1. The molecule has 10 heteroatoms. The van der Waals surface area contributed by atoms with Crippen LogP contribution < -0.4 is 9.64 Å². The average molecular weight is 617 g/mol. The molecule has 0 spiro atoms. The Bertz CT molecular complexity index is 1360. The Labute approximate surface area is 257 Å². The number of benzene rings is 2. The summed E-state index contributed by atoms with van der Waals surface area (Å²) in [6, 6.07) is 12.7. The molecule has 0 aromatic heterocycles. The first-order valence-corrected chi connectivity index (χ1v) is 16.5. The van der Waals surface area contributed by atoms with Gasteiger partial charge in [0.25, 0.3) is 0 Å². The number of piperidine rings is 1. The van der Waals surface area contributed by atoms with E-state index in [2.05, 4.69) is 24.8 Å². The Morgan fingerprint density at radius 2 is 1.81 bits per heavy atom. The molecule has 1 fully saturated rings. The molecule has 0 aliphatic carbocycles. The molecule has 0 saturated carbocycles. The first kappa shape index (κ1) is 33.2. The Kier molecular flexibility index (Phi) is 10.5. The molecule has 43 heavy (non-hydrogen) atoms. The van der Waals surface area contributed by atoms with Crippen molar-refractivity contribution in [1.82, 2.24) is 4.31 Å². The fourth-order valence-corrected chi connectivity index (χ4v) is 7.75. The van der Waals surface area contributed by atoms with Crippen molar-refractivity contribution in [3.63, 3.8) is 0 Å². The Morgan fingerprint density at radius 3 is 2.49 bits per heavy atom. The molecular weight excluding hydrogens is 568 g/mol. The number of hydrogen-bond donors (Lipinski definition) is 0. The van der Waals surface area contributed by atoms with E-state index in [9.17, 15) is 13.2 Å². The number of nitrogens with zero attached hydrogens (tertiary/aromatic N) is 2. The van der Waals surface area contributed by atoms with Crippen LogP contribution in [0, 0.1) is 12.3 Å². The van der Waals surface area contributed by atoms with Gasteiger partial charge in [-0.2, -0.15) is 4.31 Å². The van der Waals surface area contributed by atoms with E-state index in [1.807, 2.05) is 19.1 Å². The third kappa shape index (κ3) is 8.09. The van der Waals surface area contributed by atoms with Gasteiger partial charge in [-0.3, -0.25) is 4.79 Å². The van der Waals surface area contributed by atoms with E-state index < -0.39 is 15.4 Å². The van der Waals surface area contributed by atoms with E-state index in [0.717, 1.165) is 42.1 Å². The summed E-state index contributed by atoms with van der Waals surface area (Å²) < 4.78 is 52.4. The first-order valence-electron chi connectivity index (χ1n) is 15.1. The molecule has 238 valence electrons. The number of esters is 1. The molecule has 2 atom stereocenters. The molecule has 0 N–H and O–H groups in total. The van der Waals surface area contributed by atoms with Crippen LogP contribution in [-0.4, -0.2) is 76.9 Å². The number of sulfonamides is 1. The summed E-state index contributed by atoms with van der Waals surface area (Å²) in [6.45, 7) is 12.6. The van der Waals surface area contributed by atoms with Crippen molar-refractivity contribution < 1.29 is 32.2 Å². The van der Waals surface area contributed by atoms with Gasteiger partial charge in [-0.1, -0.05) is 23.8 Å². The summed E-state index contributed by atoms with van der Waals surface area (Å²) in [5, 5.41) is 0. The number of methoxy groups -OCH3 is 2. The molecule has 1 saturated heterocycles. The molecule has 0 amide bonds. The van der Waals surface area contributed by atoms with E-state index in [-0.39, 0.29) is 35.2 Å². The number of carbonyl (C=O) groups excluding carboxylic acids is 1. The highest BCUT2D eigenvalue weighted by Crippen LogP contribution is 2.39. The summed E-state index contributed by atoms with van der Waals surface area (Å²) >= 11 is 0. The lowest BCUT2D eigenvalue weighted by Crippen LogP contribution is -2.51. The van der Waals surface area contributed by atoms with Crippen molar-refractivity contribution in [1.29, 1.82) is 0 Å². The molecule has 2 aromatic rings. The van der Waals surface area contributed by atoms with Crippen molar-refractivity contribution in [2.45, 2.75) is 89.6 Å². The summed E-state index contributed by atoms with van der Waals surface area (Å²) in [7, 11) is -0.744. The van der Waals surface area contributed by atoms with Crippen LogP contribution in [0.3, 0.4) is 0 Å². The second-order valence-electron chi connectivity index (χ2n) is 13.1. The zero-order chi connectivity index (χ0) is 31.4. The van der Waals surface area contributed by atoms with Gasteiger partial charge in [-0.15, -0.1) is 0 Å². The third-order valence-electron chi connectivity index (χ3n) is 8.31. The summed E-state index contributed by atoms with van der Waals surface area (Å²) in [6.07, 6.45) is 2.25. The molecule has 9 nitrogen and oxygen atoms in total. The van der Waals surface area contributed by atoms with Gasteiger partial charge in [0.1, 0.15) is 11.4 Å². The molecular formula is C33H48N2O7S. The first-order chi connectivity index (χ1) is 20.3. The highest BCUT2D eigenvalue weighted by atomic mass is 32.2. The topological polar surface area (TPSA) is 94.6 Å². The minimum atomic E-state index is -3.82. The molecule has 2 aliphatic rings. The van der Waals surface area contributed by atoms with Crippen LogP contribution in [0.15, 0.2) is 47.4 Å². The minimum absolute atomic E-state index is 0.212. The molecule has 4 rings (SSSR count). The highest BCUT2D eigenvalue weighted by molar-refractivity contribution is 7.89. The smallest absolute Gasteiger partial charge is 0.311 e. The fourth-order valence-electron chi connectivity index (χ4n) is 6.07. The van der Waals surface area contributed by atoms with Crippen molar-refractivity contribution in [2.75, 3.05) is 45.4 Å². The number of aryl methyl sites for hydroxylation is 1. The maximum absolute atomic E-state index is 13.9. The van der Waals surface area contributed by atoms with E-state index in [0.29, 0.717) is 32.5 Å². The lowest BCUT2D eigenvalue weighted by Gasteiger charge is -2.41. The second kappa shape index (κ2) is 13.5. The van der Waals surface area contributed by atoms with Crippen LogP contribution >= 0.6 is 0 Å². The third-order valence-corrected chi connectivity index (χ3v) is 10.2. The quantitative estimate of drug-likeness (QED) is 0.233. The predicted molar refractivity (Wildman–Crippen MR) is 167 cm³/mol. The Morgan fingerprint density at radius 1 is 1.09 bits per heavy atom. The highest BCUT2D eigenvalue weighted by Gasteiger charge is 2.42. The van der Waals surface area contributed by atoms with Crippen molar-refractivity contribution >= 4 is 21.7 Å². The zero-order valence-corrected chi connectivity index (χ0v) is 27.5. The van der Waals surface area contributed by atoms with Crippen molar-refractivity contribution in [2.24, 2.45) is 5.41 Å². The molecule has 0 radical (unpaired) electrons. The van der Waals surface area contributed by atoms with Gasteiger partial charge in [0.05, 0.1) is 42.4 Å². The lowest BCUT2D eigenvalue weighted by atomic mass is 9.83. The molecule has 2 aromatic carbocycles. The van der Waals surface area contributed by atoms with E-state index in [1.165, 1.54) is 11.4 Å². The standard InChI is InChI=1S/C33H48N2O7S/c1-24-9-14-28(15-10-24)43(37,38)35-21-27(13-12-26(35)20-32(2,3)31(36)40-7)41-22-25-11-16-30-29(19-25)34(17-8-18-39-6)23-33(4,5)42-30/h9-11,14-16,19,26-27H,8,12-13,17-18,20-23H2,1-7H3/t26-,27+/m0/s1. The molecule has 0 unspecified atom stereocenters. The van der Waals surface area contributed by atoms with E-state index >= 15 is 0 Å². The van der Waals surface area contributed by atoms with Crippen LogP contribution in [0.25, 0.3) is 0 Å². The number of anilines is 1. The van der Waals surface area contributed by atoms with Crippen molar-refractivity contribution in [3.8, 4) is 5.75 Å². The van der Waals surface area contributed by atoms with Gasteiger partial charge in [0.2, 0.25) is 10.0 Å². The summed E-state index contributed by atoms with van der Waals surface area (Å²) in [5.74, 6) is 0.496. The van der Waals surface area contributed by atoms with Crippen LogP contribution in [0.1, 0.15) is 64.5 Å². The maximum Gasteiger partial charge on any atom is 0.311 e. The average Bonchev–Trinajstić information content (AvgIpc) is 2.95. The number of rotatable bonds is 12. The minimum Gasteiger partial charge on any atom is -0.484 e. The SMILES string of the molecule is COCCCN1CC(C)(C)Oc2ccc(CO[C@@H]3CC[C@@H](CC(C)(C)C(=O)OC)N(S(=O)(=O)c4ccc(C)cc4)C3)cc21. The maximum atomic E-state index is 13.9. The monoisotopic (exact) mass is 616 g/mol. The number of ether oxygens (including phenoxy) is 4. The van der Waals surface area contributed by atoms with E-state index in [1.54, 1.807) is 45.2 Å². The van der Waals surface area contributed by atoms with Crippen LogP contribution in [0.5, 0.6) is 5.75 Å². The fraction of sp³-hybridized carbons (Fsp3) is 0.606. The second-order valence-corrected chi connectivity index (χ2v) is 15.0. The van der Waals surface area contributed by atoms with Crippen LogP contribution in [0.4, 0.5) is 5.69 Å². The molecule has 0 bridgehead atoms. The Balaban J connectivity index is 1.52. The van der Waals surface area contributed by atoms with Gasteiger partial charge in [0.15, 0.2) is 0 Å². The predicted octanol–water partition coefficient (Wildman–Crippen LogP) is 5.34. The number of fused-ring (bicyclic) bond motifs is 1. The number of hydrogen-bond acceptors (Lipinski definition) is 8. The molecule has 2 aliphatic heterocycles. The normalized spacial score (nSPS) is 20.8. The largest absolute Gasteiger partial charge is 0.484 e. The van der Waals surface area contributed by atoms with Crippen molar-refractivity contribution in [3.05, 3.63) is 53.6 Å². The van der Waals surface area contributed by atoms with Crippen LogP contribution in [-0.2, 0) is 35.6 Å². The van der Waals surface area contributed by atoms with E-state index in [4.69, 9.17) is 18.9 Å². The van der Waals surface area contributed by atoms with Gasteiger partial charge in [-0.05, 0) is 90.1 Å². The zero-order valence-electron chi connectivity index (χ0n) is 26.7. The molecule has 2 heterocycles. The van der Waals surface area contributed by atoms with Gasteiger partial charge < -0.3 is 23.8 Å².